The number of nitrogens with zero attached hydrogens (tertiary/aromatic N) is 2. The molecule has 2 aliphatic heterocycles. The van der Waals surface area contributed by atoms with Crippen molar-refractivity contribution in [1.82, 2.24) is 9.21 Å². The first-order valence-electron chi connectivity index (χ1n) is 11.0. The minimum absolute atomic E-state index is 0.0941. The first-order chi connectivity index (χ1) is 14.8. The number of aliphatic hydroxyl groups excluding tert-OH is 1. The number of ether oxygens (including phenoxy) is 1. The summed E-state index contributed by atoms with van der Waals surface area (Å²) in [6.45, 7) is 2.39. The summed E-state index contributed by atoms with van der Waals surface area (Å²) in [6.07, 6.45) is 7.49. The second-order valence-corrected chi connectivity index (χ2v) is 10.5. The molecule has 3 aliphatic rings. The fourth-order valence-corrected chi connectivity index (χ4v) is 6.72. The minimum Gasteiger partial charge on any atom is -0.444 e. The molecule has 0 bridgehead atoms. The quantitative estimate of drug-likeness (QED) is 0.462. The average Bonchev–Trinajstić information content (AvgIpc) is 3.47. The first kappa shape index (κ1) is 22.3. The van der Waals surface area contributed by atoms with Crippen molar-refractivity contribution in [2.45, 2.75) is 74.6 Å². The topological polar surface area (TPSA) is 113 Å². The number of hydrogen-bond donors (Lipinski definition) is 2. The van der Waals surface area contributed by atoms with Gasteiger partial charge in [0, 0.05) is 36.3 Å². The van der Waals surface area contributed by atoms with Crippen LogP contribution in [0, 0.1) is 0 Å². The van der Waals surface area contributed by atoms with Crippen LogP contribution in [0.1, 0.15) is 69.2 Å². The Morgan fingerprint density at radius 1 is 1.32 bits per heavy atom. The number of carbonyl (C=O) groups is 1. The molecule has 1 aromatic carbocycles. The number of esters is 1. The predicted molar refractivity (Wildman–Crippen MR) is 116 cm³/mol. The number of nitrogens with two attached hydrogens (primary N) is 1. The Balaban J connectivity index is 1.51. The van der Waals surface area contributed by atoms with Crippen molar-refractivity contribution >= 4 is 22.1 Å². The van der Waals surface area contributed by atoms with E-state index in [2.05, 4.69) is 6.92 Å². The van der Waals surface area contributed by atoms with Crippen LogP contribution in [0.3, 0.4) is 0 Å². The number of sulfonamides is 1. The molecule has 170 valence electrons. The van der Waals surface area contributed by atoms with Gasteiger partial charge in [0.1, 0.15) is 0 Å². The van der Waals surface area contributed by atoms with Crippen molar-refractivity contribution in [2.75, 3.05) is 13.3 Å². The van der Waals surface area contributed by atoms with Crippen LogP contribution in [0.2, 0.25) is 0 Å². The first-order valence-corrected chi connectivity index (χ1v) is 12.4. The van der Waals surface area contributed by atoms with Gasteiger partial charge in [0.25, 0.3) is 0 Å². The molecule has 1 saturated heterocycles. The second-order valence-electron chi connectivity index (χ2n) is 8.64. The van der Waals surface area contributed by atoms with E-state index in [-0.39, 0.29) is 23.6 Å². The molecule has 31 heavy (non-hydrogen) atoms. The van der Waals surface area contributed by atoms with Crippen LogP contribution in [0.4, 0.5) is 0 Å². The Morgan fingerprint density at radius 3 is 2.81 bits per heavy atom. The molecule has 2 fully saturated rings. The van der Waals surface area contributed by atoms with Gasteiger partial charge in [-0.1, -0.05) is 31.9 Å². The number of rotatable bonds is 8. The summed E-state index contributed by atoms with van der Waals surface area (Å²) in [5.74, 6) is -0.309. The van der Waals surface area contributed by atoms with Crippen LogP contribution in [0.5, 0.6) is 0 Å². The molecule has 1 spiro atoms. The highest BCUT2D eigenvalue weighted by molar-refractivity contribution is 7.89. The van der Waals surface area contributed by atoms with Gasteiger partial charge in [-0.05, 0) is 37.8 Å². The zero-order valence-electron chi connectivity index (χ0n) is 17.9. The third-order valence-corrected chi connectivity index (χ3v) is 8.68. The van der Waals surface area contributed by atoms with E-state index < -0.39 is 21.8 Å². The zero-order chi connectivity index (χ0) is 22.2. The molecule has 0 aromatic heterocycles. The molecule has 3 N–H and O–H groups in total. The molecule has 1 saturated carbocycles. The number of benzene rings is 1. The van der Waals surface area contributed by atoms with Gasteiger partial charge in [-0.3, -0.25) is 4.79 Å². The van der Waals surface area contributed by atoms with Crippen LogP contribution in [-0.4, -0.2) is 53.6 Å². The highest BCUT2D eigenvalue weighted by Gasteiger charge is 2.60. The summed E-state index contributed by atoms with van der Waals surface area (Å²) in [5.41, 5.74) is 6.70. The minimum atomic E-state index is -3.75. The summed E-state index contributed by atoms with van der Waals surface area (Å²) in [4.78, 5) is 13.5. The van der Waals surface area contributed by atoms with E-state index in [1.54, 1.807) is 34.8 Å². The van der Waals surface area contributed by atoms with E-state index >= 15 is 0 Å². The Kier molecular flexibility index (Phi) is 6.13. The number of unbranched alkanes of at least 4 members (excludes halogenated alkanes) is 2. The van der Waals surface area contributed by atoms with Gasteiger partial charge in [0.2, 0.25) is 10.0 Å². The Bertz CT molecular complexity index is 973. The summed E-state index contributed by atoms with van der Waals surface area (Å²) < 4.78 is 33.9. The largest absolute Gasteiger partial charge is 0.444 e. The lowest BCUT2D eigenvalue weighted by atomic mass is 10.0. The van der Waals surface area contributed by atoms with E-state index in [4.69, 9.17) is 10.5 Å². The Labute approximate surface area is 183 Å². The van der Waals surface area contributed by atoms with Crippen molar-refractivity contribution in [3.63, 3.8) is 0 Å². The summed E-state index contributed by atoms with van der Waals surface area (Å²) in [5, 5.41) is 10.8. The van der Waals surface area contributed by atoms with Crippen LogP contribution < -0.4 is 5.73 Å². The number of carbonyl (C=O) groups excluding carboxylic acids is 1. The van der Waals surface area contributed by atoms with Crippen molar-refractivity contribution in [3.8, 4) is 0 Å². The third kappa shape index (κ3) is 4.00. The third-order valence-electron chi connectivity index (χ3n) is 6.64. The summed E-state index contributed by atoms with van der Waals surface area (Å²) in [7, 11) is -3.75. The van der Waals surface area contributed by atoms with Crippen molar-refractivity contribution in [1.29, 1.82) is 0 Å². The second kappa shape index (κ2) is 8.54. The fraction of sp³-hybridized carbons (Fsp3) is 0.591. The molecule has 4 rings (SSSR count). The number of hydrogen-bond acceptors (Lipinski definition) is 7. The smallest absolute Gasteiger partial charge is 0.307 e. The summed E-state index contributed by atoms with van der Waals surface area (Å²) >= 11 is 0. The van der Waals surface area contributed by atoms with Gasteiger partial charge >= 0.3 is 5.97 Å². The van der Waals surface area contributed by atoms with E-state index in [0.29, 0.717) is 30.5 Å². The predicted octanol–water partition coefficient (Wildman–Crippen LogP) is 2.30. The van der Waals surface area contributed by atoms with Gasteiger partial charge in [-0.25, -0.2) is 8.42 Å². The van der Waals surface area contributed by atoms with Crippen LogP contribution in [0.25, 0.3) is 6.08 Å². The van der Waals surface area contributed by atoms with Crippen molar-refractivity contribution in [2.24, 2.45) is 5.73 Å². The zero-order valence-corrected chi connectivity index (χ0v) is 18.7. The molecular weight excluding hydrogens is 418 g/mol. The molecular formula is C22H31N3O5S. The lowest BCUT2D eigenvalue weighted by Crippen LogP contribution is -2.45. The highest BCUT2D eigenvalue weighted by atomic mass is 32.2. The van der Waals surface area contributed by atoms with E-state index in [1.165, 1.54) is 4.90 Å². The molecule has 0 radical (unpaired) electrons. The van der Waals surface area contributed by atoms with Gasteiger partial charge in [-0.2, -0.15) is 4.31 Å². The van der Waals surface area contributed by atoms with Crippen LogP contribution >= 0.6 is 0 Å². The molecule has 8 nitrogen and oxygen atoms in total. The van der Waals surface area contributed by atoms with E-state index in [0.717, 1.165) is 32.1 Å². The van der Waals surface area contributed by atoms with Gasteiger partial charge in [0.15, 0.2) is 13.0 Å². The van der Waals surface area contributed by atoms with E-state index in [9.17, 15) is 18.3 Å². The van der Waals surface area contributed by atoms with Gasteiger partial charge in [0.05, 0.1) is 10.4 Å². The average molecular weight is 450 g/mol. The Hall–Kier alpha value is -1.94. The molecule has 2 unspecified atom stereocenters. The maximum Gasteiger partial charge on any atom is 0.307 e. The monoisotopic (exact) mass is 449 g/mol. The number of aliphatic hydroxyl groups is 1. The standard InChI is InChI=1S/C22H31N3O5S/c1-2-3-4-8-20(26)30-15-24-13-9-16-17(21(24)27)6-5-7-18(16)31(28,29)25-14-10-19(23)22(25)11-12-22/h5-7,9,13,19,21,27H,2-4,8,10-12,14-15,23H2,1H3. The van der Waals surface area contributed by atoms with E-state index in [1.807, 2.05) is 0 Å². The van der Waals surface area contributed by atoms with Crippen LogP contribution in [0.15, 0.2) is 29.3 Å². The lowest BCUT2D eigenvalue weighted by molar-refractivity contribution is -0.151. The lowest BCUT2D eigenvalue weighted by Gasteiger charge is -2.32. The molecule has 2 heterocycles. The van der Waals surface area contributed by atoms with Gasteiger partial charge < -0.3 is 20.5 Å². The van der Waals surface area contributed by atoms with Crippen molar-refractivity contribution < 1.29 is 23.1 Å². The molecule has 0 amide bonds. The normalized spacial score (nSPS) is 24.4. The summed E-state index contributed by atoms with van der Waals surface area (Å²) in [6, 6.07) is 4.78. The SMILES string of the molecule is CCCCCC(=O)OCN1C=Cc2c(cccc2S(=O)(=O)N2CCC(N)C23CC3)C1O. The van der Waals surface area contributed by atoms with Gasteiger partial charge in [-0.15, -0.1) is 0 Å². The maximum absolute atomic E-state index is 13.5. The molecule has 9 heteroatoms. The highest BCUT2D eigenvalue weighted by Crippen LogP contribution is 2.51. The van der Waals surface area contributed by atoms with Crippen LogP contribution in [-0.2, 0) is 19.6 Å². The molecule has 1 aliphatic carbocycles. The van der Waals surface area contributed by atoms with Crippen molar-refractivity contribution in [3.05, 3.63) is 35.5 Å². The maximum atomic E-state index is 13.5. The number of fused-ring (bicyclic) bond motifs is 1. The fourth-order valence-electron chi connectivity index (χ4n) is 4.63. The molecule has 2 atom stereocenters. The Morgan fingerprint density at radius 2 is 2.10 bits per heavy atom. The molecule has 1 aromatic rings.